The molecule has 1 aromatic carbocycles. The minimum atomic E-state index is 0.200. The summed E-state index contributed by atoms with van der Waals surface area (Å²) in [6.45, 7) is 11.5. The van der Waals surface area contributed by atoms with Crippen LogP contribution in [-0.4, -0.2) is 37.7 Å². The van der Waals surface area contributed by atoms with E-state index >= 15 is 0 Å². The lowest BCUT2D eigenvalue weighted by Gasteiger charge is -2.19. The van der Waals surface area contributed by atoms with E-state index < -0.39 is 0 Å². The fourth-order valence-electron chi connectivity index (χ4n) is 2.65. The summed E-state index contributed by atoms with van der Waals surface area (Å²) in [4.78, 5) is 2.45. The Hall–Kier alpha value is -1.06. The van der Waals surface area contributed by atoms with E-state index in [1.807, 2.05) is 0 Å². The van der Waals surface area contributed by atoms with Crippen LogP contribution in [0.2, 0.25) is 0 Å². The first-order valence-electron chi connectivity index (χ1n) is 7.65. The zero-order valence-corrected chi connectivity index (χ0v) is 13.1. The third-order valence-corrected chi connectivity index (χ3v) is 4.10. The van der Waals surface area contributed by atoms with Crippen LogP contribution in [-0.2, 0) is 5.41 Å². The number of nitrogens with two attached hydrogens (primary N) is 1. The van der Waals surface area contributed by atoms with Gasteiger partial charge in [-0.25, -0.2) is 0 Å². The van der Waals surface area contributed by atoms with E-state index in [0.29, 0.717) is 5.92 Å². The highest BCUT2D eigenvalue weighted by Crippen LogP contribution is 2.24. The van der Waals surface area contributed by atoms with Gasteiger partial charge in [-0.2, -0.15) is 0 Å². The Kier molecular flexibility index (Phi) is 5.06. The van der Waals surface area contributed by atoms with Crippen LogP contribution in [0.4, 0.5) is 0 Å². The van der Waals surface area contributed by atoms with E-state index in [2.05, 4.69) is 49.9 Å². The van der Waals surface area contributed by atoms with E-state index in [0.717, 1.165) is 38.5 Å². The van der Waals surface area contributed by atoms with Crippen molar-refractivity contribution in [3.63, 3.8) is 0 Å². The predicted octanol–water partition coefficient (Wildman–Crippen LogP) is 2.64. The van der Waals surface area contributed by atoms with Crippen molar-refractivity contribution >= 4 is 0 Å². The first kappa shape index (κ1) is 15.3. The number of rotatable bonds is 5. The summed E-state index contributed by atoms with van der Waals surface area (Å²) in [7, 11) is 0. The second-order valence-corrected chi connectivity index (χ2v) is 6.81. The molecule has 0 aliphatic carbocycles. The second kappa shape index (κ2) is 6.59. The fourth-order valence-corrected chi connectivity index (χ4v) is 2.65. The number of hydrogen-bond donors (Lipinski definition) is 1. The highest BCUT2D eigenvalue weighted by Gasteiger charge is 2.20. The quantitative estimate of drug-likeness (QED) is 0.898. The van der Waals surface area contributed by atoms with Crippen LogP contribution in [0.1, 0.15) is 32.8 Å². The Morgan fingerprint density at radius 1 is 1.25 bits per heavy atom. The molecule has 3 heteroatoms. The average molecular weight is 276 g/mol. The number of ether oxygens (including phenoxy) is 1. The predicted molar refractivity (Wildman–Crippen MR) is 84.2 cm³/mol. The van der Waals surface area contributed by atoms with E-state index in [1.54, 1.807) is 0 Å². The molecule has 0 aromatic heterocycles. The summed E-state index contributed by atoms with van der Waals surface area (Å²) >= 11 is 0. The molecular formula is C17H28N2O. The molecular weight excluding hydrogens is 248 g/mol. The van der Waals surface area contributed by atoms with Crippen molar-refractivity contribution in [3.05, 3.63) is 29.8 Å². The van der Waals surface area contributed by atoms with Crippen molar-refractivity contribution in [2.45, 2.75) is 32.6 Å². The molecule has 1 saturated heterocycles. The molecule has 0 saturated carbocycles. The lowest BCUT2D eigenvalue weighted by Crippen LogP contribution is -2.27. The van der Waals surface area contributed by atoms with Gasteiger partial charge in [0.05, 0.1) is 0 Å². The van der Waals surface area contributed by atoms with Gasteiger partial charge in [-0.1, -0.05) is 32.9 Å². The van der Waals surface area contributed by atoms with Crippen LogP contribution in [0.25, 0.3) is 0 Å². The van der Waals surface area contributed by atoms with Gasteiger partial charge in [-0.05, 0) is 48.5 Å². The zero-order valence-electron chi connectivity index (χ0n) is 13.1. The Bertz CT molecular complexity index is 408. The maximum Gasteiger partial charge on any atom is 0.119 e. The Morgan fingerprint density at radius 2 is 1.95 bits per heavy atom. The molecule has 0 amide bonds. The van der Waals surface area contributed by atoms with Crippen molar-refractivity contribution in [1.29, 1.82) is 0 Å². The molecule has 1 heterocycles. The molecule has 0 bridgehead atoms. The number of benzene rings is 1. The summed E-state index contributed by atoms with van der Waals surface area (Å²) in [6.07, 6.45) is 1.23. The Balaban J connectivity index is 1.75. The average Bonchev–Trinajstić information content (AvgIpc) is 2.86. The van der Waals surface area contributed by atoms with Crippen molar-refractivity contribution in [1.82, 2.24) is 4.90 Å². The van der Waals surface area contributed by atoms with Gasteiger partial charge >= 0.3 is 0 Å². The van der Waals surface area contributed by atoms with E-state index in [9.17, 15) is 0 Å². The van der Waals surface area contributed by atoms with Crippen LogP contribution < -0.4 is 10.5 Å². The second-order valence-electron chi connectivity index (χ2n) is 6.81. The monoisotopic (exact) mass is 276 g/mol. The number of nitrogens with zero attached hydrogens (tertiary/aromatic N) is 1. The molecule has 1 aliphatic rings. The maximum atomic E-state index is 5.83. The summed E-state index contributed by atoms with van der Waals surface area (Å²) in [5, 5.41) is 0. The highest BCUT2D eigenvalue weighted by molar-refractivity contribution is 5.31. The first-order chi connectivity index (χ1) is 9.49. The number of likely N-dealkylation sites (tertiary alicyclic amines) is 1. The summed E-state index contributed by atoms with van der Waals surface area (Å²) in [6, 6.07) is 8.48. The minimum absolute atomic E-state index is 0.200. The van der Waals surface area contributed by atoms with Crippen LogP contribution in [0.5, 0.6) is 5.75 Å². The zero-order chi connectivity index (χ0) is 14.6. The maximum absolute atomic E-state index is 5.83. The smallest absolute Gasteiger partial charge is 0.119 e. The van der Waals surface area contributed by atoms with Gasteiger partial charge in [-0.15, -0.1) is 0 Å². The van der Waals surface area contributed by atoms with Gasteiger partial charge in [0.2, 0.25) is 0 Å². The molecule has 112 valence electrons. The highest BCUT2D eigenvalue weighted by atomic mass is 16.5. The SMILES string of the molecule is CC(C)(C)c1ccc(OCCN2CCC(CN)C2)cc1. The number of hydrogen-bond acceptors (Lipinski definition) is 3. The van der Waals surface area contributed by atoms with Crippen LogP contribution >= 0.6 is 0 Å². The van der Waals surface area contributed by atoms with Gasteiger partial charge < -0.3 is 10.5 Å². The van der Waals surface area contributed by atoms with Crippen molar-refractivity contribution in [2.75, 3.05) is 32.8 Å². The summed E-state index contributed by atoms with van der Waals surface area (Å²) in [5.74, 6) is 1.65. The lowest BCUT2D eigenvalue weighted by molar-refractivity contribution is 0.233. The van der Waals surface area contributed by atoms with E-state index in [1.165, 1.54) is 12.0 Å². The van der Waals surface area contributed by atoms with E-state index in [4.69, 9.17) is 10.5 Å². The molecule has 1 aromatic rings. The molecule has 1 aliphatic heterocycles. The third-order valence-electron chi connectivity index (χ3n) is 4.10. The molecule has 1 unspecified atom stereocenters. The molecule has 20 heavy (non-hydrogen) atoms. The molecule has 2 N–H and O–H groups in total. The molecule has 0 radical (unpaired) electrons. The standard InChI is InChI=1S/C17H28N2O/c1-17(2,3)15-4-6-16(7-5-15)20-11-10-19-9-8-14(12-18)13-19/h4-7,14H,8-13,18H2,1-3H3. The Labute approximate surface area is 123 Å². The molecule has 1 atom stereocenters. The normalized spacial score (nSPS) is 20.3. The van der Waals surface area contributed by atoms with Gasteiger partial charge in [0.25, 0.3) is 0 Å². The van der Waals surface area contributed by atoms with Gasteiger partial charge in [-0.3, -0.25) is 4.90 Å². The van der Waals surface area contributed by atoms with E-state index in [-0.39, 0.29) is 5.41 Å². The van der Waals surface area contributed by atoms with Crippen LogP contribution in [0, 0.1) is 5.92 Å². The third kappa shape index (κ3) is 4.22. The summed E-state index contributed by atoms with van der Waals surface area (Å²) in [5.41, 5.74) is 7.25. The van der Waals surface area contributed by atoms with Crippen molar-refractivity contribution in [2.24, 2.45) is 11.7 Å². The summed E-state index contributed by atoms with van der Waals surface area (Å²) < 4.78 is 5.83. The molecule has 2 rings (SSSR count). The fraction of sp³-hybridized carbons (Fsp3) is 0.647. The van der Waals surface area contributed by atoms with Crippen molar-refractivity contribution < 1.29 is 4.74 Å². The lowest BCUT2D eigenvalue weighted by atomic mass is 9.87. The Morgan fingerprint density at radius 3 is 2.50 bits per heavy atom. The molecule has 0 spiro atoms. The molecule has 1 fully saturated rings. The topological polar surface area (TPSA) is 38.5 Å². The van der Waals surface area contributed by atoms with Crippen LogP contribution in [0.3, 0.4) is 0 Å². The van der Waals surface area contributed by atoms with Gasteiger partial charge in [0.1, 0.15) is 12.4 Å². The largest absolute Gasteiger partial charge is 0.492 e. The van der Waals surface area contributed by atoms with Crippen molar-refractivity contribution in [3.8, 4) is 5.75 Å². The first-order valence-corrected chi connectivity index (χ1v) is 7.65. The van der Waals surface area contributed by atoms with Crippen LogP contribution in [0.15, 0.2) is 24.3 Å². The minimum Gasteiger partial charge on any atom is -0.492 e. The molecule has 3 nitrogen and oxygen atoms in total. The van der Waals surface area contributed by atoms with Gasteiger partial charge in [0.15, 0.2) is 0 Å². The van der Waals surface area contributed by atoms with Gasteiger partial charge in [0, 0.05) is 13.1 Å².